The zero-order valence-electron chi connectivity index (χ0n) is 12.1. The molecule has 21 heavy (non-hydrogen) atoms. The number of fused-ring (bicyclic) bond motifs is 1. The average Bonchev–Trinajstić information content (AvgIpc) is 2.90. The number of aliphatic carboxylic acids is 1. The summed E-state index contributed by atoms with van der Waals surface area (Å²) >= 11 is 0. The Morgan fingerprint density at radius 3 is 2.71 bits per heavy atom. The Morgan fingerprint density at radius 1 is 1.29 bits per heavy atom. The van der Waals surface area contributed by atoms with Crippen molar-refractivity contribution < 1.29 is 9.90 Å². The third-order valence-corrected chi connectivity index (χ3v) is 4.58. The Morgan fingerprint density at radius 2 is 2.00 bits per heavy atom. The number of rotatable bonds is 3. The fourth-order valence-corrected chi connectivity index (χ4v) is 3.18. The van der Waals surface area contributed by atoms with Crippen LogP contribution in [0, 0.1) is 0 Å². The number of carbonyl (C=O) groups is 1. The molecule has 4 nitrogen and oxygen atoms in total. The van der Waals surface area contributed by atoms with Gasteiger partial charge >= 0.3 is 5.97 Å². The number of nitrogens with zero attached hydrogens (tertiary/aromatic N) is 1. The van der Waals surface area contributed by atoms with Gasteiger partial charge in [-0.05, 0) is 29.7 Å². The Bertz CT molecular complexity index is 680. The molecule has 0 aromatic heterocycles. The Balaban J connectivity index is 1.92. The SMILES string of the molecule is CC(c1cccc2ccccc12)N1CCC(N)(C(=O)O)C1. The second-order valence-corrected chi connectivity index (χ2v) is 5.93. The van der Waals surface area contributed by atoms with Gasteiger partial charge in [-0.25, -0.2) is 0 Å². The van der Waals surface area contributed by atoms with Crippen molar-refractivity contribution in [2.75, 3.05) is 13.1 Å². The molecule has 1 aliphatic heterocycles. The first-order valence-electron chi connectivity index (χ1n) is 7.25. The summed E-state index contributed by atoms with van der Waals surface area (Å²) in [6.07, 6.45) is 0.497. The maximum Gasteiger partial charge on any atom is 0.325 e. The van der Waals surface area contributed by atoms with Gasteiger partial charge in [-0.15, -0.1) is 0 Å². The number of benzene rings is 2. The third-order valence-electron chi connectivity index (χ3n) is 4.58. The lowest BCUT2D eigenvalue weighted by Crippen LogP contribution is -2.50. The van der Waals surface area contributed by atoms with Gasteiger partial charge in [0, 0.05) is 19.1 Å². The summed E-state index contributed by atoms with van der Waals surface area (Å²) in [5, 5.41) is 11.7. The normalized spacial score (nSPS) is 24.3. The molecule has 0 amide bonds. The molecule has 1 heterocycles. The highest BCUT2D eigenvalue weighted by atomic mass is 16.4. The van der Waals surface area contributed by atoms with E-state index in [1.807, 2.05) is 12.1 Å². The predicted molar refractivity (Wildman–Crippen MR) is 83.1 cm³/mol. The standard InChI is InChI=1S/C17H20N2O2/c1-12(19-10-9-17(18,11-19)16(20)21)14-8-4-6-13-5-2-3-7-15(13)14/h2-8,12H,9-11,18H2,1H3,(H,20,21). The minimum Gasteiger partial charge on any atom is -0.480 e. The van der Waals surface area contributed by atoms with Gasteiger partial charge in [0.15, 0.2) is 0 Å². The summed E-state index contributed by atoms with van der Waals surface area (Å²) in [4.78, 5) is 13.5. The van der Waals surface area contributed by atoms with E-state index in [0.717, 1.165) is 0 Å². The van der Waals surface area contributed by atoms with Gasteiger partial charge in [-0.3, -0.25) is 9.69 Å². The van der Waals surface area contributed by atoms with E-state index in [2.05, 4.69) is 42.2 Å². The first-order chi connectivity index (χ1) is 10.0. The third kappa shape index (κ3) is 2.41. The van der Waals surface area contributed by atoms with Crippen LogP contribution < -0.4 is 5.73 Å². The van der Waals surface area contributed by atoms with Crippen LogP contribution in [0.3, 0.4) is 0 Å². The molecule has 0 radical (unpaired) electrons. The maximum absolute atomic E-state index is 11.3. The highest BCUT2D eigenvalue weighted by Crippen LogP contribution is 2.32. The first-order valence-corrected chi connectivity index (χ1v) is 7.25. The predicted octanol–water partition coefficient (Wildman–Crippen LogP) is 2.39. The lowest BCUT2D eigenvalue weighted by atomic mass is 9.98. The van der Waals surface area contributed by atoms with Gasteiger partial charge in [-0.2, -0.15) is 0 Å². The fraction of sp³-hybridized carbons (Fsp3) is 0.353. The van der Waals surface area contributed by atoms with Gasteiger partial charge in [-0.1, -0.05) is 42.5 Å². The van der Waals surface area contributed by atoms with E-state index < -0.39 is 11.5 Å². The first kappa shape index (κ1) is 14.0. The van der Waals surface area contributed by atoms with Gasteiger partial charge < -0.3 is 10.8 Å². The van der Waals surface area contributed by atoms with E-state index >= 15 is 0 Å². The molecule has 0 aliphatic carbocycles. The van der Waals surface area contributed by atoms with Crippen LogP contribution in [0.5, 0.6) is 0 Å². The molecular formula is C17H20N2O2. The summed E-state index contributed by atoms with van der Waals surface area (Å²) in [7, 11) is 0. The van der Waals surface area contributed by atoms with Crippen molar-refractivity contribution in [3.8, 4) is 0 Å². The number of nitrogens with two attached hydrogens (primary N) is 1. The highest BCUT2D eigenvalue weighted by Gasteiger charge is 2.42. The van der Waals surface area contributed by atoms with Crippen LogP contribution in [0.15, 0.2) is 42.5 Å². The Kier molecular flexibility index (Phi) is 3.43. The van der Waals surface area contributed by atoms with E-state index in [-0.39, 0.29) is 6.04 Å². The van der Waals surface area contributed by atoms with Crippen molar-refractivity contribution in [3.63, 3.8) is 0 Å². The largest absolute Gasteiger partial charge is 0.480 e. The maximum atomic E-state index is 11.3. The topological polar surface area (TPSA) is 66.6 Å². The second-order valence-electron chi connectivity index (χ2n) is 5.93. The number of likely N-dealkylation sites (tertiary alicyclic amines) is 1. The molecule has 1 fully saturated rings. The van der Waals surface area contributed by atoms with E-state index in [9.17, 15) is 9.90 Å². The van der Waals surface area contributed by atoms with Crippen LogP contribution in [0.1, 0.15) is 24.9 Å². The number of hydrogen-bond donors (Lipinski definition) is 2. The minimum atomic E-state index is -1.11. The van der Waals surface area contributed by atoms with Crippen molar-refractivity contribution in [3.05, 3.63) is 48.0 Å². The van der Waals surface area contributed by atoms with Crippen LogP contribution in [-0.2, 0) is 4.79 Å². The van der Waals surface area contributed by atoms with E-state index in [4.69, 9.17) is 5.73 Å². The summed E-state index contributed by atoms with van der Waals surface area (Å²) in [6, 6.07) is 14.7. The zero-order valence-corrected chi connectivity index (χ0v) is 12.1. The molecule has 2 atom stereocenters. The molecule has 0 spiro atoms. The van der Waals surface area contributed by atoms with Crippen molar-refractivity contribution >= 4 is 16.7 Å². The molecule has 1 saturated heterocycles. The molecule has 0 bridgehead atoms. The fourth-order valence-electron chi connectivity index (χ4n) is 3.18. The number of hydrogen-bond acceptors (Lipinski definition) is 3. The highest BCUT2D eigenvalue weighted by molar-refractivity contribution is 5.86. The van der Waals surface area contributed by atoms with E-state index in [1.165, 1.54) is 16.3 Å². The molecular weight excluding hydrogens is 264 g/mol. The van der Waals surface area contributed by atoms with Crippen LogP contribution in [0.2, 0.25) is 0 Å². The summed E-state index contributed by atoms with van der Waals surface area (Å²) < 4.78 is 0. The van der Waals surface area contributed by atoms with Gasteiger partial charge in [0.2, 0.25) is 0 Å². The van der Waals surface area contributed by atoms with Gasteiger partial charge in [0.05, 0.1) is 0 Å². The monoisotopic (exact) mass is 284 g/mol. The lowest BCUT2D eigenvalue weighted by Gasteiger charge is -2.27. The van der Waals surface area contributed by atoms with E-state index in [1.54, 1.807) is 0 Å². The summed E-state index contributed by atoms with van der Waals surface area (Å²) in [6.45, 7) is 3.23. The Hall–Kier alpha value is -1.91. The summed E-state index contributed by atoms with van der Waals surface area (Å²) in [5.41, 5.74) is 6.09. The second kappa shape index (κ2) is 5.13. The molecule has 110 valence electrons. The van der Waals surface area contributed by atoms with Crippen molar-refractivity contribution in [1.29, 1.82) is 0 Å². The van der Waals surface area contributed by atoms with E-state index in [0.29, 0.717) is 19.5 Å². The molecule has 2 aromatic carbocycles. The van der Waals surface area contributed by atoms with Crippen LogP contribution in [-0.4, -0.2) is 34.6 Å². The smallest absolute Gasteiger partial charge is 0.325 e. The molecule has 3 rings (SSSR count). The molecule has 2 aromatic rings. The van der Waals surface area contributed by atoms with Gasteiger partial charge in [0.25, 0.3) is 0 Å². The van der Waals surface area contributed by atoms with Crippen LogP contribution in [0.4, 0.5) is 0 Å². The van der Waals surface area contributed by atoms with Crippen molar-refractivity contribution in [1.82, 2.24) is 4.90 Å². The number of carboxylic acids is 1. The molecule has 2 unspecified atom stereocenters. The average molecular weight is 284 g/mol. The zero-order chi connectivity index (χ0) is 15.0. The molecule has 0 saturated carbocycles. The van der Waals surface area contributed by atoms with Crippen molar-refractivity contribution in [2.24, 2.45) is 5.73 Å². The van der Waals surface area contributed by atoms with Crippen LogP contribution >= 0.6 is 0 Å². The summed E-state index contributed by atoms with van der Waals surface area (Å²) in [5.74, 6) is -0.907. The number of carboxylic acid groups (broad SMARTS) is 1. The molecule has 1 aliphatic rings. The molecule has 3 N–H and O–H groups in total. The van der Waals surface area contributed by atoms with Crippen LogP contribution in [0.25, 0.3) is 10.8 Å². The minimum absolute atomic E-state index is 0.154. The Labute approximate surface area is 124 Å². The quantitative estimate of drug-likeness (QED) is 0.908. The lowest BCUT2D eigenvalue weighted by molar-refractivity contribution is -0.142. The molecule has 4 heteroatoms. The van der Waals surface area contributed by atoms with Gasteiger partial charge in [0.1, 0.15) is 5.54 Å². The van der Waals surface area contributed by atoms with Crippen molar-refractivity contribution in [2.45, 2.75) is 24.9 Å².